The number of benzene rings is 1. The molecular weight excluding hydrogens is 299 g/mol. The van der Waals surface area contributed by atoms with Crippen LogP contribution in [0.5, 0.6) is 0 Å². The third-order valence-electron chi connectivity index (χ3n) is 3.15. The normalized spacial score (nSPS) is 19.6. The molecule has 1 aromatic rings. The molecule has 1 aliphatic heterocycles. The Bertz CT molecular complexity index is 459. The van der Waals surface area contributed by atoms with E-state index in [-0.39, 0.29) is 17.8 Å². The first-order valence-electron chi connectivity index (χ1n) is 6.08. The molecule has 0 bridgehead atoms. The van der Waals surface area contributed by atoms with E-state index in [4.69, 9.17) is 0 Å². The number of rotatable bonds is 2. The number of hydrogen-bond donors (Lipinski definition) is 2. The van der Waals surface area contributed by atoms with Crippen molar-refractivity contribution in [1.82, 2.24) is 5.32 Å². The van der Waals surface area contributed by atoms with Crippen molar-refractivity contribution in [2.45, 2.75) is 32.2 Å². The van der Waals surface area contributed by atoms with Crippen LogP contribution in [0.1, 0.15) is 24.8 Å². The third-order valence-corrected chi connectivity index (χ3v) is 3.76. The summed E-state index contributed by atoms with van der Waals surface area (Å²) >= 11 is 3.12. The zero-order chi connectivity index (χ0) is 13.1. The number of piperidine rings is 1. The van der Waals surface area contributed by atoms with Gasteiger partial charge >= 0.3 is 0 Å². The fourth-order valence-electron chi connectivity index (χ4n) is 2.08. The molecule has 2 N–H and O–H groups in total. The first kappa shape index (κ1) is 13.5. The SMILES string of the molecule is Cc1cc(F)c(Br)cc1NC(=O)[C@H]1CCCCN1. The fourth-order valence-corrected chi connectivity index (χ4v) is 2.42. The van der Waals surface area contributed by atoms with Crippen molar-refractivity contribution in [2.24, 2.45) is 0 Å². The molecule has 1 atom stereocenters. The lowest BCUT2D eigenvalue weighted by atomic mass is 10.0. The molecule has 2 rings (SSSR count). The molecule has 1 aromatic carbocycles. The number of nitrogens with one attached hydrogen (secondary N) is 2. The minimum absolute atomic E-state index is 0.0451. The lowest BCUT2D eigenvalue weighted by Gasteiger charge is -2.23. The molecule has 0 spiro atoms. The van der Waals surface area contributed by atoms with E-state index in [0.29, 0.717) is 10.2 Å². The molecule has 3 nitrogen and oxygen atoms in total. The predicted octanol–water partition coefficient (Wildman–Crippen LogP) is 2.98. The van der Waals surface area contributed by atoms with Gasteiger partial charge in [0, 0.05) is 5.69 Å². The van der Waals surface area contributed by atoms with E-state index < -0.39 is 0 Å². The van der Waals surface area contributed by atoms with Crippen LogP contribution in [0.2, 0.25) is 0 Å². The molecule has 0 unspecified atom stereocenters. The average molecular weight is 315 g/mol. The number of anilines is 1. The van der Waals surface area contributed by atoms with Crippen molar-refractivity contribution < 1.29 is 9.18 Å². The van der Waals surface area contributed by atoms with E-state index in [1.165, 1.54) is 6.07 Å². The maximum absolute atomic E-state index is 13.3. The molecule has 1 aliphatic rings. The first-order valence-corrected chi connectivity index (χ1v) is 6.87. The lowest BCUT2D eigenvalue weighted by Crippen LogP contribution is -2.43. The Morgan fingerprint density at radius 3 is 2.94 bits per heavy atom. The highest BCUT2D eigenvalue weighted by Crippen LogP contribution is 2.24. The predicted molar refractivity (Wildman–Crippen MR) is 73.1 cm³/mol. The van der Waals surface area contributed by atoms with Gasteiger partial charge in [-0.25, -0.2) is 4.39 Å². The molecule has 1 heterocycles. The van der Waals surface area contributed by atoms with Crippen molar-refractivity contribution >= 4 is 27.5 Å². The standard InChI is InChI=1S/C13H16BrFN2O/c1-8-6-10(15)9(14)7-12(8)17-13(18)11-4-2-3-5-16-11/h6-7,11,16H,2-5H2,1H3,(H,17,18)/t11-/m1/s1. The molecule has 5 heteroatoms. The molecule has 0 radical (unpaired) electrons. The summed E-state index contributed by atoms with van der Waals surface area (Å²) in [5.74, 6) is -0.363. The highest BCUT2D eigenvalue weighted by molar-refractivity contribution is 9.10. The molecule has 98 valence electrons. The van der Waals surface area contributed by atoms with E-state index in [2.05, 4.69) is 26.6 Å². The van der Waals surface area contributed by atoms with E-state index in [9.17, 15) is 9.18 Å². The van der Waals surface area contributed by atoms with Gasteiger partial charge in [0.05, 0.1) is 10.5 Å². The van der Waals surface area contributed by atoms with Crippen LogP contribution in [0.15, 0.2) is 16.6 Å². The summed E-state index contributed by atoms with van der Waals surface area (Å²) in [6.45, 7) is 2.66. The third kappa shape index (κ3) is 3.09. The number of carbonyl (C=O) groups excluding carboxylic acids is 1. The topological polar surface area (TPSA) is 41.1 Å². The monoisotopic (exact) mass is 314 g/mol. The molecule has 0 saturated carbocycles. The van der Waals surface area contributed by atoms with Gasteiger partial charge in [-0.3, -0.25) is 4.79 Å². The number of carbonyl (C=O) groups is 1. The van der Waals surface area contributed by atoms with Crippen LogP contribution in [0.4, 0.5) is 10.1 Å². The number of aryl methyl sites for hydroxylation is 1. The van der Waals surface area contributed by atoms with Crippen LogP contribution in [-0.2, 0) is 4.79 Å². The minimum atomic E-state index is -0.318. The highest BCUT2D eigenvalue weighted by atomic mass is 79.9. The van der Waals surface area contributed by atoms with Crippen LogP contribution in [0.25, 0.3) is 0 Å². The Labute approximate surface area is 114 Å². The van der Waals surface area contributed by atoms with Gasteiger partial charge in [0.1, 0.15) is 5.82 Å². The van der Waals surface area contributed by atoms with Gasteiger partial charge < -0.3 is 10.6 Å². The molecule has 0 aliphatic carbocycles. The van der Waals surface area contributed by atoms with Gasteiger partial charge in [0.2, 0.25) is 5.91 Å². The number of halogens is 2. The van der Waals surface area contributed by atoms with Gasteiger partial charge in [-0.15, -0.1) is 0 Å². The van der Waals surface area contributed by atoms with E-state index in [1.807, 2.05) is 0 Å². The Balaban J connectivity index is 2.08. The van der Waals surface area contributed by atoms with Crippen LogP contribution < -0.4 is 10.6 Å². The van der Waals surface area contributed by atoms with Gasteiger partial charge in [-0.05, 0) is 59.9 Å². The highest BCUT2D eigenvalue weighted by Gasteiger charge is 2.21. The van der Waals surface area contributed by atoms with Gasteiger partial charge in [-0.2, -0.15) is 0 Å². The zero-order valence-electron chi connectivity index (χ0n) is 10.2. The maximum atomic E-state index is 13.3. The maximum Gasteiger partial charge on any atom is 0.241 e. The van der Waals surface area contributed by atoms with E-state index in [1.54, 1.807) is 13.0 Å². The summed E-state index contributed by atoms with van der Waals surface area (Å²) in [6, 6.07) is 2.88. The molecule has 0 aromatic heterocycles. The van der Waals surface area contributed by atoms with E-state index in [0.717, 1.165) is 31.4 Å². The number of hydrogen-bond acceptors (Lipinski definition) is 2. The quantitative estimate of drug-likeness (QED) is 0.881. The summed E-state index contributed by atoms with van der Waals surface area (Å²) in [5.41, 5.74) is 1.38. The van der Waals surface area contributed by atoms with Crippen molar-refractivity contribution in [3.05, 3.63) is 28.0 Å². The Hall–Kier alpha value is -0.940. The smallest absolute Gasteiger partial charge is 0.241 e. The molecule has 1 amide bonds. The summed E-state index contributed by atoms with van der Waals surface area (Å²) in [6.07, 6.45) is 3.04. The largest absolute Gasteiger partial charge is 0.324 e. The minimum Gasteiger partial charge on any atom is -0.324 e. The number of amides is 1. The summed E-state index contributed by atoms with van der Waals surface area (Å²) < 4.78 is 13.6. The van der Waals surface area contributed by atoms with E-state index >= 15 is 0 Å². The van der Waals surface area contributed by atoms with Gasteiger partial charge in [-0.1, -0.05) is 6.42 Å². The van der Waals surface area contributed by atoms with Crippen molar-refractivity contribution in [2.75, 3.05) is 11.9 Å². The van der Waals surface area contributed by atoms with Crippen molar-refractivity contribution in [1.29, 1.82) is 0 Å². The molecule has 1 fully saturated rings. The van der Waals surface area contributed by atoms with Crippen LogP contribution >= 0.6 is 15.9 Å². The van der Waals surface area contributed by atoms with Crippen molar-refractivity contribution in [3.63, 3.8) is 0 Å². The fraction of sp³-hybridized carbons (Fsp3) is 0.462. The lowest BCUT2D eigenvalue weighted by molar-refractivity contribution is -0.118. The second-order valence-corrected chi connectivity index (χ2v) is 5.43. The van der Waals surface area contributed by atoms with Crippen LogP contribution in [0.3, 0.4) is 0 Å². The Morgan fingerprint density at radius 2 is 2.28 bits per heavy atom. The second kappa shape index (κ2) is 5.80. The van der Waals surface area contributed by atoms with Crippen molar-refractivity contribution in [3.8, 4) is 0 Å². The van der Waals surface area contributed by atoms with Gasteiger partial charge in [0.15, 0.2) is 0 Å². The summed E-state index contributed by atoms with van der Waals surface area (Å²) in [5, 5.41) is 6.04. The molecule has 1 saturated heterocycles. The first-order chi connectivity index (χ1) is 8.58. The molecule has 18 heavy (non-hydrogen) atoms. The Kier molecular flexibility index (Phi) is 4.35. The second-order valence-electron chi connectivity index (χ2n) is 4.57. The zero-order valence-corrected chi connectivity index (χ0v) is 11.8. The average Bonchev–Trinajstić information content (AvgIpc) is 2.37. The van der Waals surface area contributed by atoms with Crippen LogP contribution in [0, 0.1) is 12.7 Å². The van der Waals surface area contributed by atoms with Gasteiger partial charge in [0.25, 0.3) is 0 Å². The summed E-state index contributed by atoms with van der Waals surface area (Å²) in [4.78, 5) is 12.0. The van der Waals surface area contributed by atoms with Crippen LogP contribution in [-0.4, -0.2) is 18.5 Å². The Morgan fingerprint density at radius 1 is 1.50 bits per heavy atom. The molecular formula is C13H16BrFN2O. The summed E-state index contributed by atoms with van der Waals surface area (Å²) in [7, 11) is 0.